The lowest BCUT2D eigenvalue weighted by atomic mass is 10.1. The van der Waals surface area contributed by atoms with Crippen LogP contribution in [0.2, 0.25) is 0 Å². The number of carbonyl (C=O) groups is 1. The van der Waals surface area contributed by atoms with Crippen LogP contribution < -0.4 is 10.1 Å². The molecule has 1 amide bonds. The van der Waals surface area contributed by atoms with Gasteiger partial charge < -0.3 is 10.1 Å². The maximum atomic E-state index is 13.0. The van der Waals surface area contributed by atoms with Crippen molar-refractivity contribution in [3.63, 3.8) is 0 Å². The maximum absolute atomic E-state index is 13.0. The zero-order chi connectivity index (χ0) is 20.6. The molecule has 0 saturated heterocycles. The van der Waals surface area contributed by atoms with Crippen molar-refractivity contribution in [2.24, 2.45) is 0 Å². The van der Waals surface area contributed by atoms with Crippen molar-refractivity contribution in [1.82, 2.24) is 5.32 Å². The molecule has 0 heterocycles. The van der Waals surface area contributed by atoms with Gasteiger partial charge in [0.2, 0.25) is 5.75 Å². The van der Waals surface area contributed by atoms with Crippen molar-refractivity contribution >= 4 is 11.6 Å². The quantitative estimate of drug-likeness (QED) is 0.457. The molecule has 0 fully saturated rings. The van der Waals surface area contributed by atoms with Gasteiger partial charge in [-0.3, -0.25) is 14.9 Å². The molecule has 3 rings (SSSR count). The van der Waals surface area contributed by atoms with Gasteiger partial charge in [0, 0.05) is 12.6 Å². The summed E-state index contributed by atoms with van der Waals surface area (Å²) in [4.78, 5) is 23.4. The number of nitro benzene ring substituents is 1. The number of nitro groups is 1. The van der Waals surface area contributed by atoms with Crippen LogP contribution in [0.5, 0.6) is 5.75 Å². The summed E-state index contributed by atoms with van der Waals surface area (Å²) in [6.07, 6.45) is 0.501. The number of ether oxygens (including phenoxy) is 1. The summed E-state index contributed by atoms with van der Waals surface area (Å²) in [6, 6.07) is 19.4. The Morgan fingerprint density at radius 3 is 2.38 bits per heavy atom. The van der Waals surface area contributed by atoms with E-state index in [9.17, 15) is 19.3 Å². The molecule has 6 nitrogen and oxygen atoms in total. The van der Waals surface area contributed by atoms with E-state index in [0.29, 0.717) is 13.0 Å². The predicted molar refractivity (Wildman–Crippen MR) is 106 cm³/mol. The minimum Gasteiger partial charge on any atom is -0.481 e. The monoisotopic (exact) mass is 394 g/mol. The Kier molecular flexibility index (Phi) is 6.52. The summed E-state index contributed by atoms with van der Waals surface area (Å²) in [7, 11) is 0. The van der Waals surface area contributed by atoms with Crippen molar-refractivity contribution < 1.29 is 18.8 Å². The number of benzene rings is 3. The highest BCUT2D eigenvalue weighted by Crippen LogP contribution is 2.31. The van der Waals surface area contributed by atoms with Gasteiger partial charge in [-0.25, -0.2) is 4.39 Å². The van der Waals surface area contributed by atoms with Crippen LogP contribution in [0.4, 0.5) is 10.1 Å². The first-order valence-corrected chi connectivity index (χ1v) is 9.01. The molecule has 0 aromatic heterocycles. The number of hydrogen-bond acceptors (Lipinski definition) is 4. The van der Waals surface area contributed by atoms with Gasteiger partial charge in [-0.2, -0.15) is 0 Å². The Morgan fingerprint density at radius 1 is 0.966 bits per heavy atom. The van der Waals surface area contributed by atoms with Gasteiger partial charge in [0.1, 0.15) is 12.4 Å². The largest absolute Gasteiger partial charge is 0.481 e. The average molecular weight is 394 g/mol. The zero-order valence-electron chi connectivity index (χ0n) is 15.5. The lowest BCUT2D eigenvalue weighted by Crippen LogP contribution is -2.26. The molecule has 7 heteroatoms. The fourth-order valence-corrected chi connectivity index (χ4v) is 2.80. The molecule has 29 heavy (non-hydrogen) atoms. The van der Waals surface area contributed by atoms with Crippen molar-refractivity contribution in [3.05, 3.63) is 105 Å². The number of para-hydroxylation sites is 1. The lowest BCUT2D eigenvalue weighted by Gasteiger charge is -2.12. The maximum Gasteiger partial charge on any atom is 0.311 e. The molecule has 0 unspecified atom stereocenters. The zero-order valence-corrected chi connectivity index (χ0v) is 15.5. The molecule has 0 spiro atoms. The second-order valence-electron chi connectivity index (χ2n) is 6.32. The van der Waals surface area contributed by atoms with Gasteiger partial charge in [0.05, 0.1) is 10.5 Å². The molecule has 3 aromatic carbocycles. The number of nitrogens with one attached hydrogen (secondary N) is 1. The van der Waals surface area contributed by atoms with Crippen LogP contribution in [0.1, 0.15) is 21.5 Å². The second-order valence-corrected chi connectivity index (χ2v) is 6.32. The van der Waals surface area contributed by atoms with E-state index < -0.39 is 10.8 Å². The molecular formula is C22H19FN2O4. The third kappa shape index (κ3) is 5.38. The number of nitrogens with zero attached hydrogens (tertiary/aromatic N) is 1. The number of rotatable bonds is 8. The van der Waals surface area contributed by atoms with Gasteiger partial charge in [0.15, 0.2) is 0 Å². The van der Waals surface area contributed by atoms with Gasteiger partial charge in [0.25, 0.3) is 5.91 Å². The van der Waals surface area contributed by atoms with Crippen LogP contribution in [0, 0.1) is 15.9 Å². The molecule has 1 N–H and O–H groups in total. The Balaban J connectivity index is 1.72. The first kappa shape index (κ1) is 20.0. The van der Waals surface area contributed by atoms with E-state index >= 15 is 0 Å². The first-order chi connectivity index (χ1) is 14.0. The van der Waals surface area contributed by atoms with Crippen molar-refractivity contribution in [1.29, 1.82) is 0 Å². The Hall–Kier alpha value is -3.74. The normalized spacial score (nSPS) is 10.4. The fourth-order valence-electron chi connectivity index (χ4n) is 2.80. The summed E-state index contributed by atoms with van der Waals surface area (Å²) >= 11 is 0. The number of halogens is 1. The molecule has 0 saturated carbocycles. The minimum absolute atomic E-state index is 0.0689. The topological polar surface area (TPSA) is 81.5 Å². The number of hydrogen-bond donors (Lipinski definition) is 1. The third-order valence-electron chi connectivity index (χ3n) is 4.27. The molecule has 0 aliphatic rings. The Morgan fingerprint density at radius 2 is 1.69 bits per heavy atom. The van der Waals surface area contributed by atoms with Crippen LogP contribution in [-0.2, 0) is 13.0 Å². The van der Waals surface area contributed by atoms with Gasteiger partial charge in [-0.15, -0.1) is 0 Å². The summed E-state index contributed by atoms with van der Waals surface area (Å²) < 4.78 is 18.6. The standard InChI is InChI=1S/C22H19FN2O4/c23-18-11-9-16(10-12-18)13-14-24-22(26)19-7-4-8-20(25(27)28)21(19)29-15-17-5-2-1-3-6-17/h1-12H,13-15H2,(H,24,26). The van der Waals surface area contributed by atoms with E-state index in [1.807, 2.05) is 30.3 Å². The molecule has 0 aliphatic heterocycles. The highest BCUT2D eigenvalue weighted by atomic mass is 19.1. The summed E-state index contributed by atoms with van der Waals surface area (Å²) in [5.74, 6) is -0.867. The molecule has 0 aliphatic carbocycles. The highest BCUT2D eigenvalue weighted by Gasteiger charge is 2.23. The van der Waals surface area contributed by atoms with Crippen LogP contribution in [0.25, 0.3) is 0 Å². The van der Waals surface area contributed by atoms with E-state index in [1.54, 1.807) is 12.1 Å². The predicted octanol–water partition coefficient (Wildman–Crippen LogP) is 4.29. The van der Waals surface area contributed by atoms with Gasteiger partial charge in [-0.05, 0) is 35.7 Å². The van der Waals surface area contributed by atoms with E-state index in [1.165, 1.54) is 30.3 Å². The molecule has 0 radical (unpaired) electrons. The third-order valence-corrected chi connectivity index (χ3v) is 4.27. The second kappa shape index (κ2) is 9.45. The van der Waals surface area contributed by atoms with Crippen LogP contribution in [0.3, 0.4) is 0 Å². The van der Waals surface area contributed by atoms with Gasteiger partial charge in [-0.1, -0.05) is 48.5 Å². The van der Waals surface area contributed by atoms with E-state index in [4.69, 9.17) is 4.74 Å². The van der Waals surface area contributed by atoms with Crippen molar-refractivity contribution in [3.8, 4) is 5.75 Å². The van der Waals surface area contributed by atoms with Crippen molar-refractivity contribution in [2.75, 3.05) is 6.54 Å². The smallest absolute Gasteiger partial charge is 0.311 e. The molecule has 0 bridgehead atoms. The number of carbonyl (C=O) groups excluding carboxylic acids is 1. The van der Waals surface area contributed by atoms with E-state index in [-0.39, 0.29) is 29.4 Å². The van der Waals surface area contributed by atoms with E-state index in [0.717, 1.165) is 11.1 Å². The molecule has 148 valence electrons. The Labute approximate surface area is 167 Å². The SMILES string of the molecule is O=C(NCCc1ccc(F)cc1)c1cccc([N+](=O)[O-])c1OCc1ccccc1. The summed E-state index contributed by atoms with van der Waals surface area (Å²) in [5, 5.41) is 14.1. The number of amides is 1. The average Bonchev–Trinajstić information content (AvgIpc) is 2.74. The first-order valence-electron chi connectivity index (χ1n) is 9.01. The van der Waals surface area contributed by atoms with Crippen LogP contribution in [0.15, 0.2) is 72.8 Å². The fraction of sp³-hybridized carbons (Fsp3) is 0.136. The molecular weight excluding hydrogens is 375 g/mol. The molecule has 3 aromatic rings. The van der Waals surface area contributed by atoms with Crippen LogP contribution >= 0.6 is 0 Å². The molecule has 0 atom stereocenters. The summed E-state index contributed by atoms with van der Waals surface area (Å²) in [6.45, 7) is 0.396. The Bertz CT molecular complexity index is 991. The van der Waals surface area contributed by atoms with Crippen molar-refractivity contribution in [2.45, 2.75) is 13.0 Å². The van der Waals surface area contributed by atoms with Crippen LogP contribution in [-0.4, -0.2) is 17.4 Å². The van der Waals surface area contributed by atoms with Gasteiger partial charge >= 0.3 is 5.69 Å². The lowest BCUT2D eigenvalue weighted by molar-refractivity contribution is -0.386. The minimum atomic E-state index is -0.574. The summed E-state index contributed by atoms with van der Waals surface area (Å²) in [5.41, 5.74) is 1.51. The van der Waals surface area contributed by atoms with E-state index in [2.05, 4.69) is 5.32 Å². The highest BCUT2D eigenvalue weighted by molar-refractivity contribution is 5.98.